The van der Waals surface area contributed by atoms with Crippen LogP contribution in [0.25, 0.3) is 10.9 Å². The largest absolute Gasteiger partial charge is 0.496 e. The molecule has 0 fully saturated rings. The molecule has 0 spiro atoms. The molecule has 5 heteroatoms. The van der Waals surface area contributed by atoms with Gasteiger partial charge < -0.3 is 20.8 Å². The van der Waals surface area contributed by atoms with Crippen LogP contribution in [0.3, 0.4) is 0 Å². The van der Waals surface area contributed by atoms with E-state index in [0.29, 0.717) is 6.54 Å². The first kappa shape index (κ1) is 15.9. The summed E-state index contributed by atoms with van der Waals surface area (Å²) in [4.78, 5) is 4.09. The third-order valence-electron chi connectivity index (χ3n) is 4.08. The number of nitrogens with two attached hydrogens (primary N) is 2. The predicted molar refractivity (Wildman–Crippen MR) is 98.4 cm³/mol. The summed E-state index contributed by atoms with van der Waals surface area (Å²) in [5.41, 5.74) is 14.4. The van der Waals surface area contributed by atoms with Gasteiger partial charge in [0.25, 0.3) is 0 Å². The molecule has 4 N–H and O–H groups in total. The molecule has 0 atom stereocenters. The number of nitrogens with zero attached hydrogens (tertiary/aromatic N) is 2. The lowest BCUT2D eigenvalue weighted by molar-refractivity contribution is 0.408. The van der Waals surface area contributed by atoms with E-state index in [0.717, 1.165) is 24.3 Å². The van der Waals surface area contributed by atoms with Crippen molar-refractivity contribution < 1.29 is 4.74 Å². The van der Waals surface area contributed by atoms with E-state index in [1.54, 1.807) is 7.11 Å². The third kappa shape index (κ3) is 3.35. The molecule has 2 aromatic carbocycles. The van der Waals surface area contributed by atoms with Crippen molar-refractivity contribution in [1.29, 1.82) is 0 Å². The minimum absolute atomic E-state index is 0.132. The van der Waals surface area contributed by atoms with Crippen molar-refractivity contribution in [2.45, 2.75) is 13.0 Å². The predicted octanol–water partition coefficient (Wildman–Crippen LogP) is 2.51. The first-order chi connectivity index (χ1) is 11.7. The highest BCUT2D eigenvalue weighted by atomic mass is 16.5. The fraction of sp³-hybridized carbons (Fsp3) is 0.211. The van der Waals surface area contributed by atoms with E-state index in [-0.39, 0.29) is 5.96 Å². The van der Waals surface area contributed by atoms with Crippen LogP contribution in [0.15, 0.2) is 59.7 Å². The van der Waals surface area contributed by atoms with Crippen LogP contribution in [-0.2, 0) is 13.0 Å². The number of guanidine groups is 1. The van der Waals surface area contributed by atoms with Crippen molar-refractivity contribution in [3.63, 3.8) is 0 Å². The lowest BCUT2D eigenvalue weighted by Gasteiger charge is -2.10. The number of aromatic nitrogens is 1. The molecule has 0 aliphatic rings. The van der Waals surface area contributed by atoms with Gasteiger partial charge in [0.2, 0.25) is 0 Å². The number of rotatable bonds is 6. The van der Waals surface area contributed by atoms with Crippen molar-refractivity contribution in [2.75, 3.05) is 13.7 Å². The number of fused-ring (bicyclic) bond motifs is 1. The van der Waals surface area contributed by atoms with Crippen LogP contribution in [0.4, 0.5) is 0 Å². The Bertz CT molecular complexity index is 863. The standard InChI is InChI=1S/C19H22N4O/c1-24-18-9-5-2-6-15(18)13-23-12-14(10-11-22-19(20)21)16-7-3-4-8-17(16)23/h2-9,12H,10-11,13H2,1H3,(H4,20,21,22). The maximum atomic E-state index is 5.47. The maximum Gasteiger partial charge on any atom is 0.185 e. The third-order valence-corrected chi connectivity index (χ3v) is 4.08. The second kappa shape index (κ2) is 7.08. The Kier molecular flexibility index (Phi) is 4.70. The van der Waals surface area contributed by atoms with Crippen LogP contribution in [0.2, 0.25) is 0 Å². The monoisotopic (exact) mass is 322 g/mol. The molecule has 24 heavy (non-hydrogen) atoms. The summed E-state index contributed by atoms with van der Waals surface area (Å²) in [6.45, 7) is 1.35. The van der Waals surface area contributed by atoms with Crippen LogP contribution < -0.4 is 16.2 Å². The Labute approximate surface area is 141 Å². The van der Waals surface area contributed by atoms with E-state index in [1.807, 2.05) is 18.2 Å². The Hall–Kier alpha value is -2.95. The molecule has 0 saturated carbocycles. The summed E-state index contributed by atoms with van der Waals surface area (Å²) in [7, 11) is 1.70. The summed E-state index contributed by atoms with van der Waals surface area (Å²) in [6, 6.07) is 16.5. The maximum absolute atomic E-state index is 5.47. The van der Waals surface area contributed by atoms with E-state index < -0.39 is 0 Å². The average molecular weight is 322 g/mol. The first-order valence-electron chi connectivity index (χ1n) is 7.93. The molecular weight excluding hydrogens is 300 g/mol. The van der Waals surface area contributed by atoms with Gasteiger partial charge in [0.1, 0.15) is 5.75 Å². The number of aliphatic imine (C=N–C) groups is 1. The number of para-hydroxylation sites is 2. The van der Waals surface area contributed by atoms with Crippen molar-refractivity contribution in [3.8, 4) is 5.75 Å². The van der Waals surface area contributed by atoms with Gasteiger partial charge in [-0.25, -0.2) is 0 Å². The minimum Gasteiger partial charge on any atom is -0.496 e. The van der Waals surface area contributed by atoms with Crippen LogP contribution in [0, 0.1) is 0 Å². The molecule has 1 heterocycles. The van der Waals surface area contributed by atoms with Gasteiger partial charge in [-0.15, -0.1) is 0 Å². The highest BCUT2D eigenvalue weighted by molar-refractivity contribution is 5.84. The van der Waals surface area contributed by atoms with Gasteiger partial charge in [0.05, 0.1) is 13.7 Å². The van der Waals surface area contributed by atoms with Gasteiger partial charge in [0, 0.05) is 29.2 Å². The summed E-state index contributed by atoms with van der Waals surface area (Å²) in [6.07, 6.45) is 2.98. The number of methoxy groups -OCH3 is 1. The quantitative estimate of drug-likeness (QED) is 0.540. The SMILES string of the molecule is COc1ccccc1Cn1cc(CCN=C(N)N)c2ccccc21. The summed E-state index contributed by atoms with van der Waals surface area (Å²) < 4.78 is 7.72. The number of hydrogen-bond donors (Lipinski definition) is 2. The highest BCUT2D eigenvalue weighted by Crippen LogP contribution is 2.25. The molecule has 5 nitrogen and oxygen atoms in total. The molecule has 1 aromatic heterocycles. The fourth-order valence-electron chi connectivity index (χ4n) is 2.98. The minimum atomic E-state index is 0.132. The van der Waals surface area contributed by atoms with Gasteiger partial charge in [-0.2, -0.15) is 0 Å². The molecule has 0 aliphatic carbocycles. The Morgan fingerprint density at radius 3 is 2.58 bits per heavy atom. The summed E-state index contributed by atoms with van der Waals surface area (Å²) in [5.74, 6) is 1.03. The molecule has 0 saturated heterocycles. The lowest BCUT2D eigenvalue weighted by atomic mass is 10.1. The summed E-state index contributed by atoms with van der Waals surface area (Å²) >= 11 is 0. The van der Waals surface area contributed by atoms with E-state index in [1.165, 1.54) is 16.5 Å². The van der Waals surface area contributed by atoms with Gasteiger partial charge in [-0.3, -0.25) is 4.99 Å². The average Bonchev–Trinajstić information content (AvgIpc) is 2.93. The van der Waals surface area contributed by atoms with E-state index in [9.17, 15) is 0 Å². The van der Waals surface area contributed by atoms with Crippen LogP contribution >= 0.6 is 0 Å². The molecule has 0 radical (unpaired) electrons. The molecule has 124 valence electrons. The molecule has 0 amide bonds. The second-order valence-electron chi connectivity index (χ2n) is 5.67. The number of benzene rings is 2. The molecule has 0 bridgehead atoms. The normalized spacial score (nSPS) is 10.7. The molecule has 3 rings (SSSR count). The first-order valence-corrected chi connectivity index (χ1v) is 7.93. The highest BCUT2D eigenvalue weighted by Gasteiger charge is 2.10. The van der Waals surface area contributed by atoms with Crippen LogP contribution in [0.5, 0.6) is 5.75 Å². The zero-order chi connectivity index (χ0) is 16.9. The van der Waals surface area contributed by atoms with Crippen molar-refractivity contribution >= 4 is 16.9 Å². The Balaban J connectivity index is 1.95. The van der Waals surface area contributed by atoms with E-state index >= 15 is 0 Å². The molecule has 0 aliphatic heterocycles. The smallest absolute Gasteiger partial charge is 0.185 e. The van der Waals surface area contributed by atoms with Gasteiger partial charge >= 0.3 is 0 Å². The number of ether oxygens (including phenoxy) is 1. The van der Waals surface area contributed by atoms with Crippen molar-refractivity contribution in [1.82, 2.24) is 4.57 Å². The van der Waals surface area contributed by atoms with Crippen LogP contribution in [0.1, 0.15) is 11.1 Å². The summed E-state index contributed by atoms with van der Waals surface area (Å²) in [5, 5.41) is 1.23. The number of hydrogen-bond acceptors (Lipinski definition) is 2. The second-order valence-corrected chi connectivity index (χ2v) is 5.67. The van der Waals surface area contributed by atoms with Crippen molar-refractivity contribution in [3.05, 3.63) is 65.9 Å². The lowest BCUT2D eigenvalue weighted by Crippen LogP contribution is -2.23. The Morgan fingerprint density at radius 2 is 1.79 bits per heavy atom. The molecule has 3 aromatic rings. The fourth-order valence-corrected chi connectivity index (χ4v) is 2.98. The van der Waals surface area contributed by atoms with Gasteiger partial charge in [0.15, 0.2) is 5.96 Å². The van der Waals surface area contributed by atoms with E-state index in [4.69, 9.17) is 16.2 Å². The van der Waals surface area contributed by atoms with Crippen molar-refractivity contribution in [2.24, 2.45) is 16.5 Å². The topological polar surface area (TPSA) is 78.6 Å². The van der Waals surface area contributed by atoms with Crippen LogP contribution in [-0.4, -0.2) is 24.2 Å². The van der Waals surface area contributed by atoms with E-state index in [2.05, 4.69) is 46.1 Å². The van der Waals surface area contributed by atoms with Gasteiger partial charge in [-0.05, 0) is 24.1 Å². The van der Waals surface area contributed by atoms with Gasteiger partial charge in [-0.1, -0.05) is 36.4 Å². The Morgan fingerprint density at radius 1 is 1.04 bits per heavy atom. The molecule has 0 unspecified atom stereocenters. The zero-order valence-corrected chi connectivity index (χ0v) is 13.8. The molecular formula is C19H22N4O. The zero-order valence-electron chi connectivity index (χ0n) is 13.8.